The Morgan fingerprint density at radius 3 is 2.47 bits per heavy atom. The molecule has 1 N–H and O–H groups in total. The van der Waals surface area contributed by atoms with E-state index >= 15 is 0 Å². The number of carbonyl (C=O) groups is 1. The fourth-order valence-corrected chi connectivity index (χ4v) is 2.17. The van der Waals surface area contributed by atoms with Crippen LogP contribution in [0.15, 0.2) is 12.1 Å². The minimum atomic E-state index is -4.81. The lowest BCUT2D eigenvalue weighted by atomic mass is 9.85. The highest BCUT2D eigenvalue weighted by atomic mass is 19.4. The van der Waals surface area contributed by atoms with E-state index in [9.17, 15) is 23.1 Å². The summed E-state index contributed by atoms with van der Waals surface area (Å²) in [6, 6.07) is 2.08. The van der Waals surface area contributed by atoms with Crippen LogP contribution in [0.4, 0.5) is 13.2 Å². The van der Waals surface area contributed by atoms with Crippen LogP contribution >= 0.6 is 0 Å². The smallest absolute Gasteiger partial charge is 0.493 e. The molecule has 1 aliphatic rings. The predicted octanol–water partition coefficient (Wildman–Crippen LogP) is 2.91. The van der Waals surface area contributed by atoms with Crippen LogP contribution in [-0.4, -0.2) is 22.2 Å². The number of hydrogen-bond donors (Lipinski definition) is 1. The molecule has 1 saturated carbocycles. The second-order valence-corrected chi connectivity index (χ2v) is 4.41. The number of nitrogens with zero attached hydrogens (tertiary/aromatic N) is 1. The lowest BCUT2D eigenvalue weighted by Crippen LogP contribution is -2.20. The summed E-state index contributed by atoms with van der Waals surface area (Å²) >= 11 is 0. The molecule has 0 unspecified atom stereocenters. The van der Waals surface area contributed by atoms with E-state index in [2.05, 4.69) is 9.72 Å². The van der Waals surface area contributed by atoms with E-state index in [-0.39, 0.29) is 23.3 Å². The zero-order chi connectivity index (χ0) is 14.0. The number of ether oxygens (including phenoxy) is 1. The summed E-state index contributed by atoms with van der Waals surface area (Å²) in [5.74, 6) is -0.983. The molecule has 104 valence electrons. The van der Waals surface area contributed by atoms with Crippen LogP contribution < -0.4 is 4.74 Å². The van der Waals surface area contributed by atoms with E-state index in [4.69, 9.17) is 0 Å². The third kappa shape index (κ3) is 3.59. The monoisotopic (exact) mass is 275 g/mol. The number of hydrogen-bond acceptors (Lipinski definition) is 4. The Kier molecular flexibility index (Phi) is 3.64. The van der Waals surface area contributed by atoms with Crippen LogP contribution in [0.2, 0.25) is 0 Å². The number of pyridine rings is 1. The van der Waals surface area contributed by atoms with Crippen LogP contribution in [0.1, 0.15) is 37.3 Å². The number of aromatic nitrogens is 1. The minimum Gasteiger partial charge on any atom is -0.493 e. The zero-order valence-electron chi connectivity index (χ0n) is 9.91. The summed E-state index contributed by atoms with van der Waals surface area (Å²) in [6.07, 6.45) is -3.34. The summed E-state index contributed by atoms with van der Waals surface area (Å²) in [4.78, 5) is 14.9. The Morgan fingerprint density at radius 1 is 1.26 bits per heavy atom. The van der Waals surface area contributed by atoms with E-state index in [1.807, 2.05) is 0 Å². The number of halogens is 3. The normalized spacial score (nSPS) is 17.5. The fraction of sp³-hybridized carbons (Fsp3) is 0.500. The number of alkyl halides is 3. The molecule has 1 aromatic rings. The highest BCUT2D eigenvalue weighted by Gasteiger charge is 2.34. The topological polar surface area (TPSA) is 59.4 Å². The van der Waals surface area contributed by atoms with Gasteiger partial charge in [0.1, 0.15) is 5.78 Å². The molecule has 1 aliphatic carbocycles. The molecule has 1 fully saturated rings. The second-order valence-electron chi connectivity index (χ2n) is 4.41. The summed E-state index contributed by atoms with van der Waals surface area (Å²) in [5, 5.41) is 9.30. The molecule has 2 rings (SSSR count). The van der Waals surface area contributed by atoms with Crippen LogP contribution in [0.25, 0.3) is 0 Å². The second kappa shape index (κ2) is 5.07. The third-order valence-electron chi connectivity index (χ3n) is 3.03. The van der Waals surface area contributed by atoms with Crippen molar-refractivity contribution in [2.45, 2.75) is 38.0 Å². The van der Waals surface area contributed by atoms with Gasteiger partial charge >= 0.3 is 6.36 Å². The number of rotatable bonds is 2. The van der Waals surface area contributed by atoms with Crippen LogP contribution in [-0.2, 0) is 4.79 Å². The van der Waals surface area contributed by atoms with Crippen LogP contribution in [0, 0.1) is 0 Å². The molecule has 0 aromatic carbocycles. The standard InChI is InChI=1S/C12H12F3NO3/c13-12(14,15)19-9-5-6-10(18)16-11(9)7-1-3-8(17)4-2-7/h5-7H,1-4H2,(H,16,18). The first-order valence-electron chi connectivity index (χ1n) is 5.82. The Bertz CT molecular complexity index is 478. The highest BCUT2D eigenvalue weighted by molar-refractivity contribution is 5.79. The van der Waals surface area contributed by atoms with Gasteiger partial charge in [0.15, 0.2) is 5.75 Å². The number of aromatic hydroxyl groups is 1. The molecule has 0 radical (unpaired) electrons. The van der Waals surface area contributed by atoms with Crippen molar-refractivity contribution < 1.29 is 27.8 Å². The van der Waals surface area contributed by atoms with Crippen molar-refractivity contribution in [3.63, 3.8) is 0 Å². The molecule has 0 spiro atoms. The molecule has 0 aliphatic heterocycles. The Balaban J connectivity index is 2.27. The average molecular weight is 275 g/mol. The Labute approximate surface area is 107 Å². The molecular formula is C12H12F3NO3. The van der Waals surface area contributed by atoms with Crippen molar-refractivity contribution in [1.29, 1.82) is 0 Å². The van der Waals surface area contributed by atoms with Crippen molar-refractivity contribution in [1.82, 2.24) is 4.98 Å². The van der Waals surface area contributed by atoms with Crippen molar-refractivity contribution in [3.8, 4) is 11.6 Å². The lowest BCUT2D eigenvalue weighted by Gasteiger charge is -2.23. The molecule has 0 bridgehead atoms. The van der Waals surface area contributed by atoms with E-state index in [1.54, 1.807) is 0 Å². The number of carbonyl (C=O) groups excluding carboxylic acids is 1. The van der Waals surface area contributed by atoms with Gasteiger partial charge in [-0.15, -0.1) is 13.2 Å². The quantitative estimate of drug-likeness (QED) is 0.901. The molecule has 1 heterocycles. The highest BCUT2D eigenvalue weighted by Crippen LogP contribution is 2.38. The molecule has 0 saturated heterocycles. The van der Waals surface area contributed by atoms with Gasteiger partial charge in [-0.1, -0.05) is 0 Å². The van der Waals surface area contributed by atoms with Gasteiger partial charge in [0.05, 0.1) is 5.69 Å². The number of ketones is 1. The van der Waals surface area contributed by atoms with Gasteiger partial charge in [-0.2, -0.15) is 0 Å². The SMILES string of the molecule is O=C1CCC(c2nc(O)ccc2OC(F)(F)F)CC1. The average Bonchev–Trinajstić information content (AvgIpc) is 2.31. The maximum Gasteiger partial charge on any atom is 0.573 e. The third-order valence-corrected chi connectivity index (χ3v) is 3.03. The minimum absolute atomic E-state index is 0.0600. The largest absolute Gasteiger partial charge is 0.573 e. The van der Waals surface area contributed by atoms with Crippen molar-refractivity contribution in [2.75, 3.05) is 0 Å². The molecule has 19 heavy (non-hydrogen) atoms. The van der Waals surface area contributed by atoms with Crippen LogP contribution in [0.5, 0.6) is 11.6 Å². The summed E-state index contributed by atoms with van der Waals surface area (Å²) < 4.78 is 40.8. The Hall–Kier alpha value is -1.79. The van der Waals surface area contributed by atoms with Gasteiger partial charge in [0.25, 0.3) is 0 Å². The van der Waals surface area contributed by atoms with Crippen LogP contribution in [0.3, 0.4) is 0 Å². The first-order valence-corrected chi connectivity index (χ1v) is 5.82. The molecule has 4 nitrogen and oxygen atoms in total. The fourth-order valence-electron chi connectivity index (χ4n) is 2.17. The summed E-state index contributed by atoms with van der Waals surface area (Å²) in [7, 11) is 0. The Morgan fingerprint density at radius 2 is 1.89 bits per heavy atom. The van der Waals surface area contributed by atoms with Gasteiger partial charge in [0.2, 0.25) is 5.88 Å². The van der Waals surface area contributed by atoms with Gasteiger partial charge in [0, 0.05) is 24.8 Å². The zero-order valence-corrected chi connectivity index (χ0v) is 9.91. The molecule has 7 heteroatoms. The van der Waals surface area contributed by atoms with E-state index in [1.165, 1.54) is 0 Å². The van der Waals surface area contributed by atoms with E-state index < -0.39 is 12.1 Å². The van der Waals surface area contributed by atoms with Gasteiger partial charge in [-0.05, 0) is 18.9 Å². The maximum atomic E-state index is 12.3. The van der Waals surface area contributed by atoms with Gasteiger partial charge < -0.3 is 9.84 Å². The first-order chi connectivity index (χ1) is 8.85. The van der Waals surface area contributed by atoms with Gasteiger partial charge in [-0.25, -0.2) is 4.98 Å². The predicted molar refractivity (Wildman–Crippen MR) is 58.8 cm³/mol. The lowest BCUT2D eigenvalue weighted by molar-refractivity contribution is -0.275. The molecule has 1 aromatic heterocycles. The molecular weight excluding hydrogens is 263 g/mol. The van der Waals surface area contributed by atoms with E-state index in [0.717, 1.165) is 12.1 Å². The van der Waals surface area contributed by atoms with E-state index in [0.29, 0.717) is 25.7 Å². The molecule has 0 amide bonds. The summed E-state index contributed by atoms with van der Waals surface area (Å²) in [6.45, 7) is 0. The van der Waals surface area contributed by atoms with Gasteiger partial charge in [-0.3, -0.25) is 4.79 Å². The molecule has 0 atom stereocenters. The maximum absolute atomic E-state index is 12.3. The first kappa shape index (κ1) is 13.6. The summed E-state index contributed by atoms with van der Waals surface area (Å²) in [5.41, 5.74) is 0.0600. The van der Waals surface area contributed by atoms with Crippen molar-refractivity contribution >= 4 is 5.78 Å². The van der Waals surface area contributed by atoms with Crippen molar-refractivity contribution in [2.24, 2.45) is 0 Å². The van der Waals surface area contributed by atoms with Crippen molar-refractivity contribution in [3.05, 3.63) is 17.8 Å². The number of Topliss-reactive ketones (excluding diaryl/α,β-unsaturated/α-hetero) is 1.